The quantitative estimate of drug-likeness (QED) is 0.638. The van der Waals surface area contributed by atoms with Crippen LogP contribution in [0.2, 0.25) is 0 Å². The molecule has 0 aliphatic rings. The maximum Gasteiger partial charge on any atom is 0.140 e. The van der Waals surface area contributed by atoms with Crippen LogP contribution in [0.25, 0.3) is 0 Å². The highest BCUT2D eigenvalue weighted by atomic mass is 15.3. The van der Waals surface area contributed by atoms with E-state index in [9.17, 15) is 0 Å². The van der Waals surface area contributed by atoms with Gasteiger partial charge < -0.3 is 10.3 Å². The van der Waals surface area contributed by atoms with Crippen LogP contribution in [0.4, 0.5) is 11.5 Å². The maximum atomic E-state index is 5.39. The monoisotopic (exact) mass is 256 g/mol. The molecule has 2 aromatic rings. The normalized spacial score (nSPS) is 10.3. The number of anilines is 2. The predicted molar refractivity (Wildman–Crippen MR) is 80.0 cm³/mol. The Kier molecular flexibility index (Phi) is 4.36. The highest BCUT2D eigenvalue weighted by molar-refractivity contribution is 5.53. The largest absolute Gasteiger partial charge is 0.366 e. The molecule has 19 heavy (non-hydrogen) atoms. The lowest BCUT2D eigenvalue weighted by atomic mass is 10.1. The minimum atomic E-state index is 0.693. The van der Waals surface area contributed by atoms with Crippen molar-refractivity contribution in [3.8, 4) is 0 Å². The number of aromatic nitrogens is 1. The van der Waals surface area contributed by atoms with E-state index >= 15 is 0 Å². The van der Waals surface area contributed by atoms with Crippen molar-refractivity contribution in [1.82, 2.24) is 4.98 Å². The number of benzene rings is 1. The number of aryl methyl sites for hydroxylation is 1. The topological polar surface area (TPSA) is 54.2 Å². The Morgan fingerprint density at radius 3 is 2.63 bits per heavy atom. The summed E-state index contributed by atoms with van der Waals surface area (Å²) < 4.78 is 0. The molecule has 100 valence electrons. The third kappa shape index (κ3) is 3.23. The minimum Gasteiger partial charge on any atom is -0.366 e. The molecule has 3 N–H and O–H groups in total. The molecule has 4 heteroatoms. The highest BCUT2D eigenvalue weighted by Crippen LogP contribution is 2.21. The molecular weight excluding hydrogens is 236 g/mol. The third-order valence-electron chi connectivity index (χ3n) is 3.15. The van der Waals surface area contributed by atoms with Crippen LogP contribution in [0.1, 0.15) is 18.2 Å². The van der Waals surface area contributed by atoms with Crippen molar-refractivity contribution in [2.75, 3.05) is 16.9 Å². The first-order valence-corrected chi connectivity index (χ1v) is 6.47. The van der Waals surface area contributed by atoms with Crippen LogP contribution < -0.4 is 16.2 Å². The Morgan fingerprint density at radius 1 is 1.16 bits per heavy atom. The van der Waals surface area contributed by atoms with Gasteiger partial charge in [0.05, 0.1) is 12.2 Å². The second kappa shape index (κ2) is 6.20. The average Bonchev–Trinajstić information content (AvgIpc) is 2.46. The lowest BCUT2D eigenvalue weighted by molar-refractivity contribution is 0.807. The molecule has 0 atom stereocenters. The van der Waals surface area contributed by atoms with Gasteiger partial charge in [0.1, 0.15) is 5.82 Å². The molecule has 0 saturated carbocycles. The summed E-state index contributed by atoms with van der Waals surface area (Å²) in [7, 11) is 0. The molecule has 2 rings (SSSR count). The molecule has 4 nitrogen and oxygen atoms in total. The maximum absolute atomic E-state index is 5.39. The third-order valence-corrected chi connectivity index (χ3v) is 3.15. The fraction of sp³-hybridized carbons (Fsp3) is 0.267. The molecule has 0 spiro atoms. The first-order valence-electron chi connectivity index (χ1n) is 6.47. The number of para-hydroxylation sites is 1. The Morgan fingerprint density at radius 2 is 1.95 bits per heavy atom. The number of nitrogens with two attached hydrogens (primary N) is 1. The van der Waals surface area contributed by atoms with Crippen molar-refractivity contribution in [3.63, 3.8) is 0 Å². The van der Waals surface area contributed by atoms with Crippen LogP contribution in [0.5, 0.6) is 0 Å². The average molecular weight is 256 g/mol. The standard InChI is InChI=1S/C15H20N4/c1-3-19(14-9-5-4-7-12(14)2)11-13-8-6-10-15(17-13)18-16/h4-10H,3,11,16H2,1-2H3,(H,17,18). The molecule has 0 saturated heterocycles. The summed E-state index contributed by atoms with van der Waals surface area (Å²) >= 11 is 0. The van der Waals surface area contributed by atoms with Crippen LogP contribution in [0, 0.1) is 6.92 Å². The predicted octanol–water partition coefficient (Wildman–Crippen LogP) is 2.70. The number of nitrogen functional groups attached to an aromatic ring is 1. The van der Waals surface area contributed by atoms with Crippen molar-refractivity contribution in [3.05, 3.63) is 53.7 Å². The molecule has 0 fully saturated rings. The fourth-order valence-corrected chi connectivity index (χ4v) is 2.13. The van der Waals surface area contributed by atoms with Gasteiger partial charge in [-0.3, -0.25) is 0 Å². The number of pyridine rings is 1. The second-order valence-corrected chi connectivity index (χ2v) is 4.46. The van der Waals surface area contributed by atoms with Crippen LogP contribution in [0.15, 0.2) is 42.5 Å². The summed E-state index contributed by atoms with van der Waals surface area (Å²) in [5, 5.41) is 0. The van der Waals surface area contributed by atoms with Crippen molar-refractivity contribution in [2.45, 2.75) is 20.4 Å². The van der Waals surface area contributed by atoms with Gasteiger partial charge in [-0.05, 0) is 37.6 Å². The first-order chi connectivity index (χ1) is 9.24. The zero-order valence-electron chi connectivity index (χ0n) is 11.4. The summed E-state index contributed by atoms with van der Waals surface area (Å²) in [5.74, 6) is 6.08. The molecule has 0 amide bonds. The van der Waals surface area contributed by atoms with Gasteiger partial charge >= 0.3 is 0 Å². The molecule has 0 unspecified atom stereocenters. The lowest BCUT2D eigenvalue weighted by Crippen LogP contribution is -2.23. The first kappa shape index (κ1) is 13.4. The lowest BCUT2D eigenvalue weighted by Gasteiger charge is -2.24. The van der Waals surface area contributed by atoms with Crippen molar-refractivity contribution in [2.24, 2.45) is 5.84 Å². The van der Waals surface area contributed by atoms with Gasteiger partial charge in [0.2, 0.25) is 0 Å². The Bertz CT molecular complexity index is 539. The highest BCUT2D eigenvalue weighted by Gasteiger charge is 2.08. The van der Waals surface area contributed by atoms with Gasteiger partial charge in [-0.25, -0.2) is 10.8 Å². The second-order valence-electron chi connectivity index (χ2n) is 4.46. The molecular formula is C15H20N4. The molecule has 1 aromatic carbocycles. The summed E-state index contributed by atoms with van der Waals surface area (Å²) in [4.78, 5) is 6.76. The van der Waals surface area contributed by atoms with Gasteiger partial charge in [-0.15, -0.1) is 0 Å². The van der Waals surface area contributed by atoms with E-state index in [0.29, 0.717) is 5.82 Å². The SMILES string of the molecule is CCN(Cc1cccc(NN)n1)c1ccccc1C. The summed E-state index contributed by atoms with van der Waals surface area (Å²) in [6.07, 6.45) is 0. The van der Waals surface area contributed by atoms with Gasteiger partial charge in [0.25, 0.3) is 0 Å². The zero-order chi connectivity index (χ0) is 13.7. The van der Waals surface area contributed by atoms with Crippen molar-refractivity contribution >= 4 is 11.5 Å². The fourth-order valence-electron chi connectivity index (χ4n) is 2.13. The summed E-state index contributed by atoms with van der Waals surface area (Å²) in [6, 6.07) is 14.2. The van der Waals surface area contributed by atoms with Crippen molar-refractivity contribution in [1.29, 1.82) is 0 Å². The zero-order valence-corrected chi connectivity index (χ0v) is 11.4. The summed E-state index contributed by atoms with van der Waals surface area (Å²) in [6.45, 7) is 5.99. The van der Waals surface area contributed by atoms with Gasteiger partial charge in [0, 0.05) is 12.2 Å². The van der Waals surface area contributed by atoms with E-state index in [1.54, 1.807) is 0 Å². The van der Waals surface area contributed by atoms with Gasteiger partial charge in [0.15, 0.2) is 0 Å². The van der Waals surface area contributed by atoms with E-state index in [1.165, 1.54) is 11.3 Å². The molecule has 0 aliphatic heterocycles. The van der Waals surface area contributed by atoms with E-state index in [-0.39, 0.29) is 0 Å². The smallest absolute Gasteiger partial charge is 0.140 e. The number of rotatable bonds is 5. The minimum absolute atomic E-state index is 0.693. The van der Waals surface area contributed by atoms with Crippen molar-refractivity contribution < 1.29 is 0 Å². The Hall–Kier alpha value is -2.07. The number of hydrogen-bond donors (Lipinski definition) is 2. The van der Waals surface area contributed by atoms with E-state index in [4.69, 9.17) is 5.84 Å². The van der Waals surface area contributed by atoms with Crippen LogP contribution in [-0.2, 0) is 6.54 Å². The molecule has 1 aromatic heterocycles. The number of nitrogens with one attached hydrogen (secondary N) is 1. The van der Waals surface area contributed by atoms with Crippen LogP contribution in [0.3, 0.4) is 0 Å². The molecule has 0 radical (unpaired) electrons. The van der Waals surface area contributed by atoms with Gasteiger partial charge in [-0.2, -0.15) is 0 Å². The molecule has 0 aliphatic carbocycles. The number of hydrazine groups is 1. The van der Waals surface area contributed by atoms with E-state index in [2.05, 4.69) is 53.4 Å². The van der Waals surface area contributed by atoms with E-state index in [1.807, 2.05) is 18.2 Å². The van der Waals surface area contributed by atoms with Crippen LogP contribution in [-0.4, -0.2) is 11.5 Å². The Labute approximate surface area is 114 Å². The molecule has 1 heterocycles. The van der Waals surface area contributed by atoms with E-state index < -0.39 is 0 Å². The van der Waals surface area contributed by atoms with Gasteiger partial charge in [-0.1, -0.05) is 24.3 Å². The summed E-state index contributed by atoms with van der Waals surface area (Å²) in [5.41, 5.74) is 6.10. The number of hydrogen-bond acceptors (Lipinski definition) is 4. The molecule has 0 bridgehead atoms. The number of nitrogens with zero attached hydrogens (tertiary/aromatic N) is 2. The van der Waals surface area contributed by atoms with E-state index in [0.717, 1.165) is 18.8 Å². The van der Waals surface area contributed by atoms with Crippen LogP contribution >= 0.6 is 0 Å². The Balaban J connectivity index is 2.21.